The summed E-state index contributed by atoms with van der Waals surface area (Å²) in [6.45, 7) is 1.56. The molecule has 1 aromatic carbocycles. The number of benzene rings is 1. The van der Waals surface area contributed by atoms with Crippen LogP contribution in [0.1, 0.15) is 12.5 Å². The highest BCUT2D eigenvalue weighted by atomic mass is 19.1. The van der Waals surface area contributed by atoms with Crippen molar-refractivity contribution in [3.05, 3.63) is 35.3 Å². The van der Waals surface area contributed by atoms with Gasteiger partial charge in [-0.1, -0.05) is 0 Å². The number of cyclic esters (lactones) is 1. The van der Waals surface area contributed by atoms with Gasteiger partial charge in [-0.15, -0.1) is 0 Å². The molecule has 17 heavy (non-hydrogen) atoms. The fourth-order valence-electron chi connectivity index (χ4n) is 1.41. The zero-order valence-electron chi connectivity index (χ0n) is 9.36. The van der Waals surface area contributed by atoms with E-state index in [4.69, 9.17) is 9.47 Å². The molecule has 0 fully saturated rings. The van der Waals surface area contributed by atoms with Gasteiger partial charge in [0.25, 0.3) is 0 Å². The van der Waals surface area contributed by atoms with Gasteiger partial charge in [-0.3, -0.25) is 0 Å². The number of nitrogens with zero attached hydrogens (tertiary/aromatic N) is 1. The van der Waals surface area contributed by atoms with E-state index in [0.717, 1.165) is 0 Å². The molecule has 0 aliphatic carbocycles. The van der Waals surface area contributed by atoms with Crippen LogP contribution in [-0.4, -0.2) is 19.0 Å². The van der Waals surface area contributed by atoms with Gasteiger partial charge < -0.3 is 9.47 Å². The second kappa shape index (κ2) is 4.37. The zero-order valence-corrected chi connectivity index (χ0v) is 9.36. The molecule has 2 rings (SSSR count). The summed E-state index contributed by atoms with van der Waals surface area (Å²) in [5, 5.41) is 0. The average molecular weight is 235 g/mol. The maximum Gasteiger partial charge on any atom is 0.363 e. The second-order valence-electron chi connectivity index (χ2n) is 3.44. The third-order valence-electron chi connectivity index (χ3n) is 2.23. The van der Waals surface area contributed by atoms with E-state index in [9.17, 15) is 9.18 Å². The summed E-state index contributed by atoms with van der Waals surface area (Å²) in [6.07, 6.45) is 1.34. The molecule has 1 aromatic rings. The molecule has 1 heterocycles. The van der Waals surface area contributed by atoms with Crippen LogP contribution in [0.25, 0.3) is 6.08 Å². The number of hydrogen-bond donors (Lipinski definition) is 0. The Balaban J connectivity index is 2.36. The number of carbonyl (C=O) groups excluding carboxylic acids is 1. The van der Waals surface area contributed by atoms with Gasteiger partial charge in [-0.2, -0.15) is 0 Å². The van der Waals surface area contributed by atoms with Gasteiger partial charge in [-0.25, -0.2) is 14.2 Å². The van der Waals surface area contributed by atoms with Crippen molar-refractivity contribution in [3.63, 3.8) is 0 Å². The fourth-order valence-corrected chi connectivity index (χ4v) is 1.41. The van der Waals surface area contributed by atoms with E-state index in [-0.39, 0.29) is 17.2 Å². The monoisotopic (exact) mass is 235 g/mol. The molecule has 0 bridgehead atoms. The van der Waals surface area contributed by atoms with Crippen molar-refractivity contribution in [1.82, 2.24) is 0 Å². The van der Waals surface area contributed by atoms with Crippen molar-refractivity contribution in [3.8, 4) is 5.75 Å². The van der Waals surface area contributed by atoms with E-state index < -0.39 is 11.8 Å². The van der Waals surface area contributed by atoms with Crippen LogP contribution in [0.3, 0.4) is 0 Å². The largest absolute Gasteiger partial charge is 0.497 e. The Morgan fingerprint density at radius 2 is 2.24 bits per heavy atom. The minimum Gasteiger partial charge on any atom is -0.497 e. The van der Waals surface area contributed by atoms with Crippen LogP contribution in [0.15, 0.2) is 28.9 Å². The Hall–Kier alpha value is -2.17. The fraction of sp³-hybridized carbons (Fsp3) is 0.167. The Morgan fingerprint density at radius 1 is 1.47 bits per heavy atom. The highest BCUT2D eigenvalue weighted by molar-refractivity contribution is 6.06. The average Bonchev–Trinajstić information content (AvgIpc) is 2.60. The quantitative estimate of drug-likeness (QED) is 0.583. The van der Waals surface area contributed by atoms with Crippen LogP contribution < -0.4 is 4.74 Å². The zero-order chi connectivity index (χ0) is 12.4. The summed E-state index contributed by atoms with van der Waals surface area (Å²) in [4.78, 5) is 15.1. The van der Waals surface area contributed by atoms with Crippen molar-refractivity contribution < 1.29 is 18.7 Å². The standard InChI is InChI=1S/C12H10FNO3/c1-7-14-11(12(15)17-7)5-8-3-4-9(16-2)6-10(8)13/h3-6H,1-2H3. The molecule has 0 amide bonds. The first-order valence-corrected chi connectivity index (χ1v) is 4.93. The van der Waals surface area contributed by atoms with Crippen LogP contribution in [-0.2, 0) is 9.53 Å². The van der Waals surface area contributed by atoms with E-state index in [1.165, 1.54) is 25.3 Å². The van der Waals surface area contributed by atoms with Gasteiger partial charge in [0.15, 0.2) is 11.6 Å². The molecule has 1 aliphatic rings. The summed E-state index contributed by atoms with van der Waals surface area (Å²) in [5.74, 6) is -0.379. The molecular weight excluding hydrogens is 225 g/mol. The number of esters is 1. The maximum absolute atomic E-state index is 13.6. The first-order valence-electron chi connectivity index (χ1n) is 4.93. The van der Waals surface area contributed by atoms with Gasteiger partial charge >= 0.3 is 5.97 Å². The van der Waals surface area contributed by atoms with Crippen LogP contribution in [0, 0.1) is 5.82 Å². The SMILES string of the molecule is COc1ccc(C=C2N=C(C)OC2=O)c(F)c1. The van der Waals surface area contributed by atoms with Crippen LogP contribution in [0.5, 0.6) is 5.75 Å². The minimum atomic E-state index is -0.572. The molecule has 0 saturated heterocycles. The summed E-state index contributed by atoms with van der Waals surface area (Å²) in [7, 11) is 1.45. The molecule has 4 nitrogen and oxygen atoms in total. The third-order valence-corrected chi connectivity index (χ3v) is 2.23. The molecule has 1 aliphatic heterocycles. The number of halogens is 1. The minimum absolute atomic E-state index is 0.0894. The van der Waals surface area contributed by atoms with Gasteiger partial charge in [-0.05, 0) is 18.2 Å². The predicted octanol–water partition coefficient (Wildman–Crippen LogP) is 2.15. The highest BCUT2D eigenvalue weighted by Crippen LogP contribution is 2.21. The molecule has 0 unspecified atom stereocenters. The summed E-state index contributed by atoms with van der Waals surface area (Å²) in [6, 6.07) is 4.35. The van der Waals surface area contributed by atoms with Crippen molar-refractivity contribution in [2.45, 2.75) is 6.92 Å². The van der Waals surface area contributed by atoms with Gasteiger partial charge in [0.2, 0.25) is 0 Å². The Bertz CT molecular complexity index is 535. The molecule has 0 N–H and O–H groups in total. The van der Waals surface area contributed by atoms with Crippen LogP contribution >= 0.6 is 0 Å². The van der Waals surface area contributed by atoms with Crippen molar-refractivity contribution in [2.75, 3.05) is 7.11 Å². The Kier molecular flexibility index (Phi) is 2.91. The second-order valence-corrected chi connectivity index (χ2v) is 3.44. The summed E-state index contributed by atoms with van der Waals surface area (Å²) in [5.41, 5.74) is 0.350. The lowest BCUT2D eigenvalue weighted by Crippen LogP contribution is -2.00. The topological polar surface area (TPSA) is 47.9 Å². The number of ether oxygens (including phenoxy) is 2. The van der Waals surface area contributed by atoms with E-state index >= 15 is 0 Å². The summed E-state index contributed by atoms with van der Waals surface area (Å²) < 4.78 is 23.2. The Labute approximate surface area is 97.4 Å². The molecule has 0 spiro atoms. The molecule has 5 heteroatoms. The van der Waals surface area contributed by atoms with Crippen molar-refractivity contribution in [1.29, 1.82) is 0 Å². The number of hydrogen-bond acceptors (Lipinski definition) is 4. The van der Waals surface area contributed by atoms with Crippen molar-refractivity contribution in [2.24, 2.45) is 4.99 Å². The first kappa shape index (κ1) is 11.3. The third kappa shape index (κ3) is 2.33. The van der Waals surface area contributed by atoms with E-state index in [1.807, 2.05) is 0 Å². The van der Waals surface area contributed by atoms with Crippen molar-refractivity contribution >= 4 is 17.9 Å². The van der Waals surface area contributed by atoms with Gasteiger partial charge in [0.1, 0.15) is 11.6 Å². The number of rotatable bonds is 2. The number of carbonyl (C=O) groups is 1. The summed E-state index contributed by atoms with van der Waals surface area (Å²) >= 11 is 0. The van der Waals surface area contributed by atoms with E-state index in [0.29, 0.717) is 5.75 Å². The molecule has 88 valence electrons. The van der Waals surface area contributed by atoms with Crippen LogP contribution in [0.2, 0.25) is 0 Å². The number of aliphatic imine (C=N–C) groups is 1. The molecular formula is C12H10FNO3. The molecule has 0 saturated carbocycles. The normalized spacial score (nSPS) is 17.0. The van der Waals surface area contributed by atoms with Crippen LogP contribution in [0.4, 0.5) is 4.39 Å². The van der Waals surface area contributed by atoms with Gasteiger partial charge in [0, 0.05) is 18.6 Å². The van der Waals surface area contributed by atoms with E-state index in [1.54, 1.807) is 13.0 Å². The molecule has 0 aromatic heterocycles. The predicted molar refractivity (Wildman–Crippen MR) is 60.1 cm³/mol. The lowest BCUT2D eigenvalue weighted by Gasteiger charge is -2.01. The molecule has 0 radical (unpaired) electrons. The maximum atomic E-state index is 13.6. The smallest absolute Gasteiger partial charge is 0.363 e. The van der Waals surface area contributed by atoms with Gasteiger partial charge in [0.05, 0.1) is 7.11 Å². The lowest BCUT2D eigenvalue weighted by atomic mass is 10.1. The Morgan fingerprint density at radius 3 is 2.76 bits per heavy atom. The first-order chi connectivity index (χ1) is 8.10. The number of methoxy groups -OCH3 is 1. The lowest BCUT2D eigenvalue weighted by molar-refractivity contribution is -0.130. The molecule has 0 atom stereocenters. The van der Waals surface area contributed by atoms with E-state index in [2.05, 4.69) is 4.99 Å². The highest BCUT2D eigenvalue weighted by Gasteiger charge is 2.20.